The number of rotatable bonds is 1. The first kappa shape index (κ1) is 31.7. The number of aromatic nitrogens is 4. The second-order valence-electron chi connectivity index (χ2n) is 7.90. The summed E-state index contributed by atoms with van der Waals surface area (Å²) in [4.78, 5) is 49.0. The number of hydrogen-bond donors (Lipinski definition) is 3. The van der Waals surface area contributed by atoms with E-state index in [0.29, 0.717) is 11.6 Å². The molecule has 0 saturated heterocycles. The molecule has 0 bridgehead atoms. The van der Waals surface area contributed by atoms with Crippen molar-refractivity contribution in [3.05, 3.63) is 38.0 Å². The zero-order valence-corrected chi connectivity index (χ0v) is 24.9. The van der Waals surface area contributed by atoms with Crippen LogP contribution in [0.25, 0.3) is 0 Å². The molecule has 13 heteroatoms. The van der Waals surface area contributed by atoms with Crippen molar-refractivity contribution in [1.82, 2.24) is 19.9 Å². The number of carbonyl (C=O) groups is 2. The topological polar surface area (TPSA) is 158 Å². The Morgan fingerprint density at radius 1 is 0.943 bits per heavy atom. The Kier molecular flexibility index (Phi) is 14.9. The van der Waals surface area contributed by atoms with Gasteiger partial charge in [-0.2, -0.15) is 22.4 Å². The largest absolute Gasteiger partial charge is 0.369 e. The van der Waals surface area contributed by atoms with Gasteiger partial charge in [-0.3, -0.25) is 19.4 Å². The highest BCUT2D eigenvalue weighted by molar-refractivity contribution is 14.1. The monoisotopic (exact) mass is 726 g/mol. The van der Waals surface area contributed by atoms with E-state index in [4.69, 9.17) is 23.1 Å². The van der Waals surface area contributed by atoms with Crippen LogP contribution in [0.2, 0.25) is 5.15 Å². The van der Waals surface area contributed by atoms with Crippen molar-refractivity contribution in [2.45, 2.75) is 64.7 Å². The Hall–Kier alpha value is -1.29. The van der Waals surface area contributed by atoms with Crippen LogP contribution < -0.4 is 17.0 Å². The van der Waals surface area contributed by atoms with Gasteiger partial charge in [-0.1, -0.05) is 34.2 Å². The summed E-state index contributed by atoms with van der Waals surface area (Å²) in [6.45, 7) is 1.49. The number of Topliss-reactive ketones (excluding diaryl/α,β-unsaturated/α-hetero) is 2. The number of carbonyl (C=O) groups excluding carboxylic acids is 2. The Morgan fingerprint density at radius 3 is 2.03 bits per heavy atom. The molecule has 1 unspecified atom stereocenters. The summed E-state index contributed by atoms with van der Waals surface area (Å²) < 4.78 is 0. The SMILES string of the molecule is CC(=O)C1CCCC1=O.CI.Nc1nc(Cl)c2c(n1)CCC2.Nc1nc2c(c(=O)[nH]1)CCC2.[B]I. The van der Waals surface area contributed by atoms with E-state index in [1.807, 2.05) is 4.93 Å². The molecule has 0 amide bonds. The minimum atomic E-state index is -0.245. The number of anilines is 2. The third-order valence-electron chi connectivity index (χ3n) is 5.66. The predicted octanol–water partition coefficient (Wildman–Crippen LogP) is 3.54. The fourth-order valence-corrected chi connectivity index (χ4v) is 4.40. The Bertz CT molecular complexity index is 1070. The average Bonchev–Trinajstić information content (AvgIpc) is 3.58. The normalized spacial score (nSPS) is 16.6. The number of halogens is 3. The van der Waals surface area contributed by atoms with Crippen LogP contribution in [-0.4, -0.2) is 42.1 Å². The summed E-state index contributed by atoms with van der Waals surface area (Å²) >= 11 is 9.64. The van der Waals surface area contributed by atoms with Crippen molar-refractivity contribution in [3.8, 4) is 0 Å². The number of fused-ring (bicyclic) bond motifs is 2. The van der Waals surface area contributed by atoms with Gasteiger partial charge in [0.1, 0.15) is 16.7 Å². The minimum Gasteiger partial charge on any atom is -0.369 e. The maximum Gasteiger partial charge on any atom is 0.255 e. The molecule has 1 atom stereocenters. The molecule has 0 aromatic carbocycles. The van der Waals surface area contributed by atoms with E-state index < -0.39 is 0 Å². The molecule has 3 aliphatic carbocycles. The van der Waals surface area contributed by atoms with E-state index in [1.54, 1.807) is 22.4 Å². The predicted molar refractivity (Wildman–Crippen MR) is 158 cm³/mol. The fraction of sp³-hybridized carbons (Fsp3) is 0.545. The lowest BCUT2D eigenvalue weighted by molar-refractivity contribution is -0.129. The van der Waals surface area contributed by atoms with Crippen LogP contribution >= 0.6 is 56.6 Å². The van der Waals surface area contributed by atoms with Gasteiger partial charge < -0.3 is 11.5 Å². The second kappa shape index (κ2) is 16.5. The molecular formula is C22H30BClI2N6O3. The summed E-state index contributed by atoms with van der Waals surface area (Å²) in [6.07, 6.45) is 8.17. The van der Waals surface area contributed by atoms with Crippen LogP contribution in [-0.2, 0) is 35.3 Å². The third-order valence-corrected chi connectivity index (χ3v) is 5.97. The van der Waals surface area contributed by atoms with Crippen LogP contribution in [0.15, 0.2) is 4.79 Å². The lowest BCUT2D eigenvalue weighted by Crippen LogP contribution is -2.16. The van der Waals surface area contributed by atoms with Crippen LogP contribution in [0.1, 0.15) is 61.5 Å². The molecule has 1 fully saturated rings. The number of nitrogens with one attached hydrogen (secondary N) is 1. The molecule has 5 rings (SSSR count). The molecule has 5 N–H and O–H groups in total. The van der Waals surface area contributed by atoms with Crippen molar-refractivity contribution < 1.29 is 9.59 Å². The summed E-state index contributed by atoms with van der Waals surface area (Å²) in [5.41, 5.74) is 19.0. The molecule has 0 aliphatic heterocycles. The van der Waals surface area contributed by atoms with E-state index in [1.165, 1.54) is 6.92 Å². The number of ketones is 2. The first-order valence-electron chi connectivity index (χ1n) is 11.1. The zero-order chi connectivity index (χ0) is 26.5. The van der Waals surface area contributed by atoms with Crippen LogP contribution in [0.5, 0.6) is 0 Å². The molecule has 2 aromatic heterocycles. The van der Waals surface area contributed by atoms with E-state index in [9.17, 15) is 14.4 Å². The van der Waals surface area contributed by atoms with Gasteiger partial charge in [-0.05, 0) is 63.2 Å². The number of aryl methyl sites for hydroxylation is 2. The number of H-pyrrole nitrogens is 1. The number of nitrogens with zero attached hydrogens (tertiary/aromatic N) is 3. The summed E-state index contributed by atoms with van der Waals surface area (Å²) in [5.74, 6) is 0.455. The van der Waals surface area contributed by atoms with Gasteiger partial charge in [0, 0.05) is 17.5 Å². The van der Waals surface area contributed by atoms with E-state index >= 15 is 0 Å². The fourth-order valence-electron chi connectivity index (χ4n) is 4.11. The molecular weight excluding hydrogens is 696 g/mol. The molecule has 1 saturated carbocycles. The van der Waals surface area contributed by atoms with Crippen LogP contribution in [0, 0.1) is 5.92 Å². The highest BCUT2D eigenvalue weighted by Crippen LogP contribution is 2.26. The molecule has 2 radical (unpaired) electrons. The highest BCUT2D eigenvalue weighted by atomic mass is 127. The molecule has 35 heavy (non-hydrogen) atoms. The maximum absolute atomic E-state index is 11.2. The van der Waals surface area contributed by atoms with E-state index in [0.717, 1.165) is 73.9 Å². The number of nitrogen functional groups attached to an aromatic ring is 2. The molecule has 2 heterocycles. The molecule has 2 aromatic rings. The van der Waals surface area contributed by atoms with Crippen molar-refractivity contribution in [2.24, 2.45) is 5.92 Å². The molecule has 9 nitrogen and oxygen atoms in total. The maximum atomic E-state index is 11.2. The minimum absolute atomic E-state index is 0.0394. The van der Waals surface area contributed by atoms with Gasteiger partial charge in [0.15, 0.2) is 5.70 Å². The van der Waals surface area contributed by atoms with Crippen LogP contribution in [0.4, 0.5) is 11.9 Å². The average molecular weight is 727 g/mol. The summed E-state index contributed by atoms with van der Waals surface area (Å²) in [5, 5.41) is 0.532. The van der Waals surface area contributed by atoms with Gasteiger partial charge in [-0.25, -0.2) is 15.0 Å². The summed E-state index contributed by atoms with van der Waals surface area (Å²) in [7, 11) is 0. The lowest BCUT2D eigenvalue weighted by atomic mass is 10.0. The van der Waals surface area contributed by atoms with E-state index in [2.05, 4.69) is 48.2 Å². The number of nitrogens with two attached hydrogens (primary N) is 2. The number of alkyl halides is 1. The Labute approximate surface area is 238 Å². The highest BCUT2D eigenvalue weighted by Gasteiger charge is 2.27. The first-order chi connectivity index (χ1) is 16.8. The van der Waals surface area contributed by atoms with Gasteiger partial charge in [0.05, 0.1) is 17.3 Å². The van der Waals surface area contributed by atoms with Crippen molar-refractivity contribution in [3.63, 3.8) is 0 Å². The van der Waals surface area contributed by atoms with Gasteiger partial charge in [0.2, 0.25) is 11.9 Å². The van der Waals surface area contributed by atoms with Crippen LogP contribution in [0.3, 0.4) is 0 Å². The second-order valence-corrected chi connectivity index (χ2v) is 8.26. The Balaban J connectivity index is 0.000000246. The van der Waals surface area contributed by atoms with Gasteiger partial charge in [0.25, 0.3) is 5.56 Å². The number of hydrogen-bond acceptors (Lipinski definition) is 8. The van der Waals surface area contributed by atoms with Crippen molar-refractivity contribution in [1.29, 1.82) is 0 Å². The zero-order valence-electron chi connectivity index (χ0n) is 19.9. The first-order valence-corrected chi connectivity index (χ1v) is 14.9. The third kappa shape index (κ3) is 9.60. The molecule has 190 valence electrons. The summed E-state index contributed by atoms with van der Waals surface area (Å²) in [6, 6.07) is 0. The number of aromatic amines is 1. The van der Waals surface area contributed by atoms with Gasteiger partial charge >= 0.3 is 0 Å². The molecule has 3 aliphatic rings. The Morgan fingerprint density at radius 2 is 1.51 bits per heavy atom. The van der Waals surface area contributed by atoms with Crippen molar-refractivity contribution >= 4 is 85.7 Å². The van der Waals surface area contributed by atoms with Crippen molar-refractivity contribution in [2.75, 3.05) is 16.4 Å². The van der Waals surface area contributed by atoms with Gasteiger partial charge in [-0.15, -0.1) is 0 Å². The standard InChI is InChI=1S/C7H8ClN3.C7H9N3O.C7H10O2.CH3I.BI/c8-6-4-2-1-3-5(4)10-7(9)11-6;8-7-9-5-3-1-2-4(5)6(11)10-7;1-5(8)6-3-2-4-7(6)9;2*1-2/h1-3H2,(H2,9,10,11);1-3H2,(H3,8,9,10,11);6H,2-4H2,1H3;1H3;. The smallest absolute Gasteiger partial charge is 0.255 e. The lowest BCUT2D eigenvalue weighted by Gasteiger charge is -2.00. The van der Waals surface area contributed by atoms with E-state index in [-0.39, 0.29) is 34.9 Å². The quantitative estimate of drug-likeness (QED) is 0.133. The molecule has 0 spiro atoms.